The molecule has 178 valence electrons. The van der Waals surface area contributed by atoms with E-state index in [-0.39, 0.29) is 29.4 Å². The summed E-state index contributed by atoms with van der Waals surface area (Å²) < 4.78 is 30.4. The molecule has 2 heterocycles. The summed E-state index contributed by atoms with van der Waals surface area (Å²) in [6.45, 7) is 5.30. The summed E-state index contributed by atoms with van der Waals surface area (Å²) in [5.74, 6) is -0.166. The predicted molar refractivity (Wildman–Crippen MR) is 123 cm³/mol. The highest BCUT2D eigenvalue weighted by atomic mass is 19.3. The van der Waals surface area contributed by atoms with Crippen LogP contribution < -0.4 is 15.0 Å². The van der Waals surface area contributed by atoms with Crippen LogP contribution in [0.2, 0.25) is 0 Å². The van der Waals surface area contributed by atoms with Gasteiger partial charge in [0, 0.05) is 37.4 Å². The number of piperidine rings is 1. The van der Waals surface area contributed by atoms with E-state index in [1.54, 1.807) is 22.8 Å². The lowest BCUT2D eigenvalue weighted by molar-refractivity contribution is -0.129. The number of nitrogens with zero attached hydrogens (tertiary/aromatic N) is 3. The summed E-state index contributed by atoms with van der Waals surface area (Å²) >= 11 is 0. The number of anilines is 2. The number of aromatic nitrogens is 1. The second-order valence-corrected chi connectivity index (χ2v) is 8.43. The summed E-state index contributed by atoms with van der Waals surface area (Å²) in [7, 11) is 0. The maximum atomic E-state index is 13.6. The maximum absolute atomic E-state index is 13.6. The molecule has 1 aliphatic heterocycles. The molecule has 0 spiro atoms. The Labute approximate surface area is 192 Å². The van der Waals surface area contributed by atoms with Crippen LogP contribution in [0.4, 0.5) is 25.0 Å². The standard InChI is InChI=1S/C24H30F2N4O3/c1-15(2)19-7-5-6-8-21(19)30(18-11-13-29(14-12-18)17(4)31)24(32)28-20-10-9-16(3)27-22(20)33-23(25)26/h5-10,15,18,23H,11-14H2,1-4H3,(H,28,32). The van der Waals surface area contributed by atoms with Crippen molar-refractivity contribution in [3.8, 4) is 5.88 Å². The van der Waals surface area contributed by atoms with E-state index < -0.39 is 12.6 Å². The van der Waals surface area contributed by atoms with Crippen molar-refractivity contribution in [2.45, 2.75) is 59.1 Å². The van der Waals surface area contributed by atoms with Crippen molar-refractivity contribution in [3.05, 3.63) is 47.7 Å². The van der Waals surface area contributed by atoms with Gasteiger partial charge in [-0.05, 0) is 49.4 Å². The lowest BCUT2D eigenvalue weighted by atomic mass is 9.97. The number of benzene rings is 1. The Hall–Kier alpha value is -3.23. The number of amides is 3. The average molecular weight is 461 g/mol. The third kappa shape index (κ3) is 5.97. The van der Waals surface area contributed by atoms with Crippen LogP contribution >= 0.6 is 0 Å². The van der Waals surface area contributed by atoms with E-state index in [2.05, 4.69) is 15.0 Å². The molecule has 1 fully saturated rings. The molecule has 0 saturated carbocycles. The highest BCUT2D eigenvalue weighted by Gasteiger charge is 2.32. The first kappa shape index (κ1) is 24.4. The lowest BCUT2D eigenvalue weighted by Crippen LogP contribution is -2.50. The van der Waals surface area contributed by atoms with Crippen molar-refractivity contribution < 1.29 is 23.1 Å². The van der Waals surface area contributed by atoms with E-state index in [0.29, 0.717) is 31.6 Å². The fourth-order valence-corrected chi connectivity index (χ4v) is 4.08. The molecule has 1 aliphatic rings. The summed E-state index contributed by atoms with van der Waals surface area (Å²) in [5, 5.41) is 2.72. The van der Waals surface area contributed by atoms with Crippen molar-refractivity contribution in [3.63, 3.8) is 0 Å². The minimum absolute atomic E-state index is 0.00607. The molecule has 0 aliphatic carbocycles. The number of para-hydroxylation sites is 1. The summed E-state index contributed by atoms with van der Waals surface area (Å²) in [4.78, 5) is 32.8. The number of urea groups is 1. The van der Waals surface area contributed by atoms with Gasteiger partial charge in [0.2, 0.25) is 11.8 Å². The maximum Gasteiger partial charge on any atom is 0.388 e. The number of rotatable bonds is 6. The van der Waals surface area contributed by atoms with E-state index in [4.69, 9.17) is 0 Å². The lowest BCUT2D eigenvalue weighted by Gasteiger charge is -2.39. The average Bonchev–Trinajstić information content (AvgIpc) is 2.76. The summed E-state index contributed by atoms with van der Waals surface area (Å²) in [5.41, 5.74) is 2.30. The van der Waals surface area contributed by atoms with Crippen LogP contribution in [0.3, 0.4) is 0 Å². The zero-order chi connectivity index (χ0) is 24.1. The van der Waals surface area contributed by atoms with Gasteiger partial charge in [0.15, 0.2) is 0 Å². The molecule has 33 heavy (non-hydrogen) atoms. The topological polar surface area (TPSA) is 74.8 Å². The summed E-state index contributed by atoms with van der Waals surface area (Å²) in [6.07, 6.45) is 1.21. The second-order valence-electron chi connectivity index (χ2n) is 8.43. The smallest absolute Gasteiger partial charge is 0.388 e. The third-order valence-electron chi connectivity index (χ3n) is 5.75. The molecule has 1 saturated heterocycles. The quantitative estimate of drug-likeness (QED) is 0.646. The van der Waals surface area contributed by atoms with Gasteiger partial charge in [-0.2, -0.15) is 8.78 Å². The third-order valence-corrected chi connectivity index (χ3v) is 5.75. The number of aryl methyl sites for hydroxylation is 1. The fourth-order valence-electron chi connectivity index (χ4n) is 4.08. The van der Waals surface area contributed by atoms with E-state index in [1.807, 2.05) is 38.1 Å². The van der Waals surface area contributed by atoms with E-state index in [9.17, 15) is 18.4 Å². The van der Waals surface area contributed by atoms with Gasteiger partial charge in [0.25, 0.3) is 0 Å². The fraction of sp³-hybridized carbons (Fsp3) is 0.458. The second kappa shape index (κ2) is 10.6. The van der Waals surface area contributed by atoms with Crippen molar-refractivity contribution in [1.82, 2.24) is 9.88 Å². The van der Waals surface area contributed by atoms with Gasteiger partial charge in [0.1, 0.15) is 5.69 Å². The highest BCUT2D eigenvalue weighted by Crippen LogP contribution is 2.33. The first-order chi connectivity index (χ1) is 15.7. The molecule has 7 nitrogen and oxygen atoms in total. The van der Waals surface area contributed by atoms with Crippen molar-refractivity contribution in [2.75, 3.05) is 23.3 Å². The van der Waals surface area contributed by atoms with Crippen LogP contribution in [0.1, 0.15) is 50.8 Å². The molecular weight excluding hydrogens is 430 g/mol. The Morgan fingerprint density at radius 3 is 2.42 bits per heavy atom. The molecule has 3 amide bonds. The molecule has 1 aromatic carbocycles. The number of hydrogen-bond acceptors (Lipinski definition) is 4. The molecular formula is C24H30F2N4O3. The predicted octanol–water partition coefficient (Wildman–Crippen LogP) is 5.16. The largest absolute Gasteiger partial charge is 0.415 e. The first-order valence-electron chi connectivity index (χ1n) is 11.0. The van der Waals surface area contributed by atoms with Crippen molar-refractivity contribution in [1.29, 1.82) is 0 Å². The molecule has 1 N–H and O–H groups in total. The van der Waals surface area contributed by atoms with Crippen LogP contribution in [0.15, 0.2) is 36.4 Å². The van der Waals surface area contributed by atoms with Gasteiger partial charge in [-0.3, -0.25) is 9.69 Å². The van der Waals surface area contributed by atoms with Gasteiger partial charge >= 0.3 is 12.6 Å². The number of nitrogens with one attached hydrogen (secondary N) is 1. The SMILES string of the molecule is CC(=O)N1CCC(N(C(=O)Nc2ccc(C)nc2OC(F)F)c2ccccc2C(C)C)CC1. The molecule has 9 heteroatoms. The molecule has 0 bridgehead atoms. The van der Waals surface area contributed by atoms with Crippen LogP contribution in [-0.4, -0.2) is 47.6 Å². The van der Waals surface area contributed by atoms with Crippen LogP contribution in [-0.2, 0) is 4.79 Å². The highest BCUT2D eigenvalue weighted by molar-refractivity contribution is 6.03. The number of carbonyl (C=O) groups is 2. The van der Waals surface area contributed by atoms with E-state index in [0.717, 1.165) is 11.3 Å². The van der Waals surface area contributed by atoms with E-state index >= 15 is 0 Å². The van der Waals surface area contributed by atoms with E-state index in [1.165, 1.54) is 13.0 Å². The molecule has 2 aromatic rings. The van der Waals surface area contributed by atoms with Gasteiger partial charge in [0.05, 0.1) is 0 Å². The number of ether oxygens (including phenoxy) is 1. The van der Waals surface area contributed by atoms with Gasteiger partial charge in [-0.15, -0.1) is 0 Å². The number of carbonyl (C=O) groups excluding carboxylic acids is 2. The first-order valence-corrected chi connectivity index (χ1v) is 11.0. The zero-order valence-electron chi connectivity index (χ0n) is 19.3. The number of pyridine rings is 1. The van der Waals surface area contributed by atoms with Gasteiger partial charge in [-0.25, -0.2) is 9.78 Å². The molecule has 0 unspecified atom stereocenters. The Kier molecular flexibility index (Phi) is 7.84. The number of likely N-dealkylation sites (tertiary alicyclic amines) is 1. The van der Waals surface area contributed by atoms with Crippen molar-refractivity contribution in [2.24, 2.45) is 0 Å². The molecule has 3 rings (SSSR count). The van der Waals surface area contributed by atoms with Gasteiger partial charge < -0.3 is 15.0 Å². The monoisotopic (exact) mass is 460 g/mol. The summed E-state index contributed by atoms with van der Waals surface area (Å²) in [6, 6.07) is 10.1. The minimum Gasteiger partial charge on any atom is -0.415 e. The normalized spacial score (nSPS) is 14.5. The number of hydrogen-bond donors (Lipinski definition) is 1. The van der Waals surface area contributed by atoms with Crippen LogP contribution in [0.25, 0.3) is 0 Å². The minimum atomic E-state index is -3.07. The van der Waals surface area contributed by atoms with Crippen LogP contribution in [0, 0.1) is 6.92 Å². The number of halogens is 2. The Bertz CT molecular complexity index is 991. The Morgan fingerprint density at radius 1 is 1.15 bits per heavy atom. The van der Waals surface area contributed by atoms with Gasteiger partial charge in [-0.1, -0.05) is 32.0 Å². The molecule has 0 atom stereocenters. The number of alkyl halides is 2. The zero-order valence-corrected chi connectivity index (χ0v) is 19.3. The molecule has 1 aromatic heterocycles. The Morgan fingerprint density at radius 2 is 1.82 bits per heavy atom. The van der Waals surface area contributed by atoms with Crippen molar-refractivity contribution >= 4 is 23.3 Å². The molecule has 0 radical (unpaired) electrons. The van der Waals surface area contributed by atoms with Crippen LogP contribution in [0.5, 0.6) is 5.88 Å². The Balaban J connectivity index is 1.95.